The van der Waals surface area contributed by atoms with Crippen molar-refractivity contribution in [2.45, 2.75) is 19.9 Å². The molecule has 8 heteroatoms. The van der Waals surface area contributed by atoms with Crippen LogP contribution in [0.15, 0.2) is 53.4 Å². The topological polar surface area (TPSA) is 62.3 Å². The van der Waals surface area contributed by atoms with Gasteiger partial charge in [-0.1, -0.05) is 12.1 Å². The molecular formula is C23H19N3O2S3. The number of hydrogen-bond acceptors (Lipinski definition) is 6. The molecule has 0 bridgehead atoms. The molecule has 5 rings (SSSR count). The van der Waals surface area contributed by atoms with Crippen molar-refractivity contribution in [2.75, 3.05) is 11.9 Å². The van der Waals surface area contributed by atoms with Gasteiger partial charge in [-0.15, -0.1) is 34.0 Å². The largest absolute Gasteiger partial charge is 0.334 e. The van der Waals surface area contributed by atoms with E-state index in [4.69, 9.17) is 0 Å². The summed E-state index contributed by atoms with van der Waals surface area (Å²) < 4.78 is 0. The maximum atomic E-state index is 13.2. The maximum Gasteiger partial charge on any atom is 0.267 e. The monoisotopic (exact) mass is 465 g/mol. The zero-order chi connectivity index (χ0) is 21.4. The van der Waals surface area contributed by atoms with Crippen molar-refractivity contribution < 1.29 is 9.59 Å². The minimum absolute atomic E-state index is 0.00298. The number of anilines is 1. The highest BCUT2D eigenvalue weighted by Crippen LogP contribution is 2.30. The van der Waals surface area contributed by atoms with E-state index >= 15 is 0 Å². The van der Waals surface area contributed by atoms with Crippen LogP contribution in [0.2, 0.25) is 0 Å². The van der Waals surface area contributed by atoms with Gasteiger partial charge < -0.3 is 10.2 Å². The minimum Gasteiger partial charge on any atom is -0.334 e. The maximum absolute atomic E-state index is 13.2. The van der Waals surface area contributed by atoms with E-state index in [9.17, 15) is 9.59 Å². The van der Waals surface area contributed by atoms with Gasteiger partial charge in [0.05, 0.1) is 11.1 Å². The molecule has 0 spiro atoms. The molecule has 1 aromatic carbocycles. The summed E-state index contributed by atoms with van der Waals surface area (Å²) in [6.07, 6.45) is 2.50. The van der Waals surface area contributed by atoms with Gasteiger partial charge in [-0.2, -0.15) is 0 Å². The molecule has 0 aliphatic carbocycles. The van der Waals surface area contributed by atoms with Crippen molar-refractivity contribution in [1.29, 1.82) is 0 Å². The first-order valence-corrected chi connectivity index (χ1v) is 12.4. The highest BCUT2D eigenvalue weighted by Gasteiger charge is 2.24. The van der Waals surface area contributed by atoms with Crippen molar-refractivity contribution >= 4 is 51.5 Å². The summed E-state index contributed by atoms with van der Waals surface area (Å²) in [5.74, 6) is -0.211. The summed E-state index contributed by atoms with van der Waals surface area (Å²) in [6, 6.07) is 11.5. The molecule has 0 atom stereocenters. The number of thiophene rings is 2. The van der Waals surface area contributed by atoms with Crippen molar-refractivity contribution in [3.8, 4) is 9.88 Å². The number of benzene rings is 1. The number of nitrogens with zero attached hydrogens (tertiary/aromatic N) is 2. The molecule has 0 saturated heterocycles. The smallest absolute Gasteiger partial charge is 0.267 e. The van der Waals surface area contributed by atoms with E-state index in [2.05, 4.69) is 21.7 Å². The van der Waals surface area contributed by atoms with Gasteiger partial charge in [0.25, 0.3) is 11.8 Å². The number of carbonyl (C=O) groups is 2. The second-order valence-corrected chi connectivity index (χ2v) is 10.3. The molecule has 1 aliphatic heterocycles. The van der Waals surface area contributed by atoms with Crippen LogP contribution in [0.3, 0.4) is 0 Å². The van der Waals surface area contributed by atoms with Crippen LogP contribution in [0, 0.1) is 6.92 Å². The first kappa shape index (κ1) is 20.1. The molecule has 5 nitrogen and oxygen atoms in total. The Labute approximate surface area is 192 Å². The number of hydrogen-bond donors (Lipinski definition) is 1. The molecule has 0 unspecified atom stereocenters. The van der Waals surface area contributed by atoms with Crippen LogP contribution in [0.1, 0.15) is 36.0 Å². The van der Waals surface area contributed by atoms with Gasteiger partial charge in [-0.05, 0) is 59.5 Å². The number of thiazole rings is 1. The molecule has 2 amide bonds. The molecule has 0 fully saturated rings. The van der Waals surface area contributed by atoms with Gasteiger partial charge in [0.2, 0.25) is 0 Å². The fourth-order valence-electron chi connectivity index (χ4n) is 3.67. The Morgan fingerprint density at radius 3 is 2.84 bits per heavy atom. The van der Waals surface area contributed by atoms with Gasteiger partial charge in [0, 0.05) is 29.2 Å². The number of amides is 2. The lowest BCUT2D eigenvalue weighted by Crippen LogP contribution is -2.35. The van der Waals surface area contributed by atoms with Gasteiger partial charge in [0.1, 0.15) is 9.88 Å². The normalized spacial score (nSPS) is 13.1. The third-order valence-electron chi connectivity index (χ3n) is 5.37. The highest BCUT2D eigenvalue weighted by molar-refractivity contribution is 7.22. The molecule has 4 aromatic rings. The Morgan fingerprint density at radius 2 is 2.00 bits per heavy atom. The predicted molar refractivity (Wildman–Crippen MR) is 127 cm³/mol. The molecule has 4 heterocycles. The summed E-state index contributed by atoms with van der Waals surface area (Å²) >= 11 is 4.72. The fourth-order valence-corrected chi connectivity index (χ4v) is 6.18. The number of fused-ring (bicyclic) bond motifs is 1. The third kappa shape index (κ3) is 3.94. The zero-order valence-corrected chi connectivity index (χ0v) is 19.2. The van der Waals surface area contributed by atoms with E-state index < -0.39 is 0 Å². The molecule has 0 radical (unpaired) electrons. The van der Waals surface area contributed by atoms with E-state index in [0.717, 1.165) is 21.9 Å². The highest BCUT2D eigenvalue weighted by atomic mass is 32.1. The van der Waals surface area contributed by atoms with Crippen LogP contribution < -0.4 is 5.32 Å². The Kier molecular flexibility index (Phi) is 5.43. The van der Waals surface area contributed by atoms with E-state index in [-0.39, 0.29) is 11.8 Å². The predicted octanol–water partition coefficient (Wildman–Crippen LogP) is 5.69. The van der Waals surface area contributed by atoms with Crippen LogP contribution in [-0.4, -0.2) is 28.2 Å². The number of carbonyl (C=O) groups excluding carboxylic acids is 2. The molecule has 3 aromatic heterocycles. The van der Waals surface area contributed by atoms with E-state index in [1.807, 2.05) is 47.5 Å². The lowest BCUT2D eigenvalue weighted by Gasteiger charge is -2.28. The van der Waals surface area contributed by atoms with Crippen LogP contribution in [-0.2, 0) is 13.0 Å². The van der Waals surface area contributed by atoms with Crippen LogP contribution in [0.4, 0.5) is 5.69 Å². The van der Waals surface area contributed by atoms with Crippen LogP contribution in [0.25, 0.3) is 9.88 Å². The average Bonchev–Trinajstić information content (AvgIpc) is 3.55. The van der Waals surface area contributed by atoms with E-state index in [1.165, 1.54) is 21.8 Å². The molecule has 0 saturated carbocycles. The van der Waals surface area contributed by atoms with E-state index in [1.54, 1.807) is 28.9 Å². The quantitative estimate of drug-likeness (QED) is 0.421. The minimum atomic E-state index is -0.214. The van der Waals surface area contributed by atoms with Gasteiger partial charge in [0.15, 0.2) is 0 Å². The molecule has 31 heavy (non-hydrogen) atoms. The summed E-state index contributed by atoms with van der Waals surface area (Å²) in [7, 11) is 0. The summed E-state index contributed by atoms with van der Waals surface area (Å²) in [5, 5.41) is 7.87. The Bertz CT molecular complexity index is 1260. The van der Waals surface area contributed by atoms with Gasteiger partial charge in [-0.25, -0.2) is 4.98 Å². The molecule has 156 valence electrons. The Balaban J connectivity index is 1.34. The van der Waals surface area contributed by atoms with Crippen molar-refractivity contribution in [2.24, 2.45) is 0 Å². The average molecular weight is 466 g/mol. The van der Waals surface area contributed by atoms with Crippen molar-refractivity contribution in [1.82, 2.24) is 9.88 Å². The first-order chi connectivity index (χ1) is 15.1. The zero-order valence-electron chi connectivity index (χ0n) is 16.8. The van der Waals surface area contributed by atoms with Gasteiger partial charge >= 0.3 is 0 Å². The lowest BCUT2D eigenvalue weighted by molar-refractivity contribution is 0.0735. The second-order valence-electron chi connectivity index (χ2n) is 7.28. The lowest BCUT2D eigenvalue weighted by atomic mass is 10.0. The number of rotatable bonds is 4. The second kappa shape index (κ2) is 8.37. The Morgan fingerprint density at radius 1 is 1.10 bits per heavy atom. The summed E-state index contributed by atoms with van der Waals surface area (Å²) in [6.45, 7) is 3.24. The third-order valence-corrected chi connectivity index (χ3v) is 8.43. The summed E-state index contributed by atoms with van der Waals surface area (Å²) in [4.78, 5) is 35.2. The first-order valence-electron chi connectivity index (χ1n) is 9.85. The fraction of sp³-hybridized carbons (Fsp3) is 0.174. The van der Waals surface area contributed by atoms with E-state index in [0.29, 0.717) is 29.2 Å². The standard InChI is InChI=1S/C23H19N3O2S3/c1-14-16(23(28)26-9-7-18-15(13-26)8-11-30-18)4-2-5-17(14)25-21(27)20-12-24-22(31-20)19-6-3-10-29-19/h2-6,8,10-12H,7,9,13H2,1H3,(H,25,27). The number of nitrogens with one attached hydrogen (secondary N) is 1. The van der Waals surface area contributed by atoms with Crippen molar-refractivity contribution in [3.63, 3.8) is 0 Å². The Hall–Kier alpha value is -2.81. The van der Waals surface area contributed by atoms with Crippen LogP contribution in [0.5, 0.6) is 0 Å². The van der Waals surface area contributed by atoms with Crippen LogP contribution >= 0.6 is 34.0 Å². The SMILES string of the molecule is Cc1c(NC(=O)c2cnc(-c3cccs3)s2)cccc1C(=O)N1CCc2sccc2C1. The summed E-state index contributed by atoms with van der Waals surface area (Å²) in [5.41, 5.74) is 3.29. The molecular weight excluding hydrogens is 446 g/mol. The molecule has 1 aliphatic rings. The van der Waals surface area contributed by atoms with Crippen molar-refractivity contribution in [3.05, 3.63) is 79.8 Å². The number of aromatic nitrogens is 1. The molecule has 1 N–H and O–H groups in total. The van der Waals surface area contributed by atoms with Gasteiger partial charge in [-0.3, -0.25) is 9.59 Å².